The Bertz CT molecular complexity index is 642. The monoisotopic (exact) mass is 318 g/mol. The Morgan fingerprint density at radius 3 is 2.87 bits per heavy atom. The molecule has 7 heteroatoms. The lowest BCUT2D eigenvalue weighted by atomic mass is 10.1. The Morgan fingerprint density at radius 2 is 2.17 bits per heavy atom. The van der Waals surface area contributed by atoms with Gasteiger partial charge in [0.2, 0.25) is 5.91 Å². The summed E-state index contributed by atoms with van der Waals surface area (Å²) in [6, 6.07) is 7.99. The molecule has 1 amide bonds. The number of amides is 1. The van der Waals surface area contributed by atoms with Crippen molar-refractivity contribution in [2.24, 2.45) is 0 Å². The summed E-state index contributed by atoms with van der Waals surface area (Å²) in [6.07, 6.45) is 0. The number of aryl methyl sites for hydroxylation is 1. The second kappa shape index (κ2) is 8.28. The van der Waals surface area contributed by atoms with Crippen molar-refractivity contribution < 1.29 is 14.1 Å². The molecule has 2 rings (SSSR count). The Kier molecular flexibility index (Phi) is 6.10. The van der Waals surface area contributed by atoms with E-state index in [1.807, 2.05) is 31.3 Å². The van der Waals surface area contributed by atoms with E-state index in [1.165, 1.54) is 0 Å². The number of para-hydroxylation sites is 1. The second-order valence-electron chi connectivity index (χ2n) is 5.15. The van der Waals surface area contributed by atoms with Crippen LogP contribution in [0, 0.1) is 6.92 Å². The van der Waals surface area contributed by atoms with Gasteiger partial charge in [-0.05, 0) is 25.5 Å². The Morgan fingerprint density at radius 1 is 1.39 bits per heavy atom. The van der Waals surface area contributed by atoms with Crippen LogP contribution in [0.4, 0.5) is 5.69 Å². The molecule has 1 aromatic carbocycles. The van der Waals surface area contributed by atoms with Crippen molar-refractivity contribution in [1.82, 2.24) is 15.5 Å². The SMILES string of the molecule is CCN(C)c1ccccc1CNC(=O)COCc1nc(C)no1. The molecule has 1 heterocycles. The molecular formula is C16H22N4O3. The molecule has 0 unspecified atom stereocenters. The number of nitrogens with one attached hydrogen (secondary N) is 1. The first-order chi connectivity index (χ1) is 11.1. The molecule has 0 aliphatic carbocycles. The van der Waals surface area contributed by atoms with E-state index in [-0.39, 0.29) is 19.1 Å². The van der Waals surface area contributed by atoms with Gasteiger partial charge in [-0.1, -0.05) is 23.4 Å². The molecule has 0 fully saturated rings. The van der Waals surface area contributed by atoms with Crippen LogP contribution in [0.2, 0.25) is 0 Å². The number of rotatable bonds is 8. The van der Waals surface area contributed by atoms with Crippen molar-refractivity contribution in [2.45, 2.75) is 27.0 Å². The predicted octanol–water partition coefficient (Wildman–Crippen LogP) is 1.67. The molecule has 7 nitrogen and oxygen atoms in total. The number of nitrogens with zero attached hydrogens (tertiary/aromatic N) is 3. The maximum absolute atomic E-state index is 11.8. The van der Waals surface area contributed by atoms with E-state index in [2.05, 4.69) is 27.3 Å². The van der Waals surface area contributed by atoms with E-state index in [9.17, 15) is 4.79 Å². The first kappa shape index (κ1) is 17.0. The van der Waals surface area contributed by atoms with E-state index < -0.39 is 0 Å². The van der Waals surface area contributed by atoms with Crippen LogP contribution in [0.3, 0.4) is 0 Å². The number of hydrogen-bond acceptors (Lipinski definition) is 6. The van der Waals surface area contributed by atoms with Gasteiger partial charge in [-0.2, -0.15) is 4.98 Å². The molecule has 23 heavy (non-hydrogen) atoms. The quantitative estimate of drug-likeness (QED) is 0.797. The number of aromatic nitrogens is 2. The van der Waals surface area contributed by atoms with Crippen molar-refractivity contribution in [3.05, 3.63) is 41.5 Å². The normalized spacial score (nSPS) is 10.6. The van der Waals surface area contributed by atoms with Crippen molar-refractivity contribution >= 4 is 11.6 Å². The fourth-order valence-electron chi connectivity index (χ4n) is 2.08. The van der Waals surface area contributed by atoms with Crippen LogP contribution in [0.1, 0.15) is 24.2 Å². The maximum atomic E-state index is 11.8. The third kappa shape index (κ3) is 5.07. The number of anilines is 1. The largest absolute Gasteiger partial charge is 0.375 e. The van der Waals surface area contributed by atoms with Gasteiger partial charge in [-0.3, -0.25) is 4.79 Å². The first-order valence-corrected chi connectivity index (χ1v) is 7.52. The molecule has 0 radical (unpaired) electrons. The number of carbonyl (C=O) groups excluding carboxylic acids is 1. The van der Waals surface area contributed by atoms with Crippen LogP contribution in [0.25, 0.3) is 0 Å². The molecule has 0 aliphatic heterocycles. The highest BCUT2D eigenvalue weighted by molar-refractivity contribution is 5.77. The summed E-state index contributed by atoms with van der Waals surface area (Å²) in [6.45, 7) is 5.25. The third-order valence-electron chi connectivity index (χ3n) is 3.38. The lowest BCUT2D eigenvalue weighted by Crippen LogP contribution is -2.28. The lowest BCUT2D eigenvalue weighted by Gasteiger charge is -2.20. The minimum absolute atomic E-state index is 0.0484. The summed E-state index contributed by atoms with van der Waals surface area (Å²) in [5.74, 6) is 0.727. The Hall–Kier alpha value is -2.41. The average Bonchev–Trinajstić information content (AvgIpc) is 2.98. The topological polar surface area (TPSA) is 80.5 Å². The molecule has 0 saturated carbocycles. The molecule has 1 aromatic heterocycles. The molecule has 0 saturated heterocycles. The number of benzene rings is 1. The van der Waals surface area contributed by atoms with Crippen LogP contribution < -0.4 is 10.2 Å². The Balaban J connectivity index is 1.78. The second-order valence-corrected chi connectivity index (χ2v) is 5.15. The zero-order chi connectivity index (χ0) is 16.7. The lowest BCUT2D eigenvalue weighted by molar-refractivity contribution is -0.126. The fourth-order valence-corrected chi connectivity index (χ4v) is 2.08. The van der Waals surface area contributed by atoms with Gasteiger partial charge in [-0.25, -0.2) is 0 Å². The smallest absolute Gasteiger partial charge is 0.252 e. The average molecular weight is 318 g/mol. The van der Waals surface area contributed by atoms with Gasteiger partial charge in [0.15, 0.2) is 5.82 Å². The van der Waals surface area contributed by atoms with Crippen LogP contribution in [-0.4, -0.2) is 36.2 Å². The predicted molar refractivity (Wildman–Crippen MR) is 85.9 cm³/mol. The van der Waals surface area contributed by atoms with Crippen molar-refractivity contribution in [2.75, 3.05) is 25.1 Å². The van der Waals surface area contributed by atoms with Gasteiger partial charge < -0.3 is 19.5 Å². The standard InChI is InChI=1S/C16H22N4O3/c1-4-20(3)14-8-6-5-7-13(14)9-17-15(21)10-22-11-16-18-12(2)19-23-16/h5-8H,4,9-11H2,1-3H3,(H,17,21). The first-order valence-electron chi connectivity index (χ1n) is 7.52. The summed E-state index contributed by atoms with van der Waals surface area (Å²) >= 11 is 0. The molecule has 124 valence electrons. The zero-order valence-corrected chi connectivity index (χ0v) is 13.7. The molecule has 2 aromatic rings. The van der Waals surface area contributed by atoms with Gasteiger partial charge in [0.25, 0.3) is 5.89 Å². The number of hydrogen-bond donors (Lipinski definition) is 1. The molecule has 0 atom stereocenters. The maximum Gasteiger partial charge on any atom is 0.252 e. The minimum Gasteiger partial charge on any atom is -0.375 e. The van der Waals surface area contributed by atoms with Gasteiger partial charge in [0.05, 0.1) is 0 Å². The van der Waals surface area contributed by atoms with Crippen LogP contribution in [-0.2, 0) is 22.7 Å². The molecule has 0 aliphatic rings. The van der Waals surface area contributed by atoms with Gasteiger partial charge in [0.1, 0.15) is 13.2 Å². The summed E-state index contributed by atoms with van der Waals surface area (Å²) in [5.41, 5.74) is 2.18. The van der Waals surface area contributed by atoms with Crippen molar-refractivity contribution in [1.29, 1.82) is 0 Å². The highest BCUT2D eigenvalue weighted by atomic mass is 16.5. The minimum atomic E-state index is -0.185. The summed E-state index contributed by atoms with van der Waals surface area (Å²) in [7, 11) is 2.02. The Labute approximate surface area is 135 Å². The van der Waals surface area contributed by atoms with Crippen LogP contribution in [0.15, 0.2) is 28.8 Å². The highest BCUT2D eigenvalue weighted by Crippen LogP contribution is 2.18. The van der Waals surface area contributed by atoms with E-state index in [0.717, 1.165) is 17.8 Å². The zero-order valence-electron chi connectivity index (χ0n) is 13.7. The number of carbonyl (C=O) groups is 1. The van der Waals surface area contributed by atoms with Gasteiger partial charge in [0, 0.05) is 25.8 Å². The van der Waals surface area contributed by atoms with E-state index in [4.69, 9.17) is 9.26 Å². The summed E-state index contributed by atoms with van der Waals surface area (Å²) in [4.78, 5) is 18.0. The van der Waals surface area contributed by atoms with Crippen LogP contribution in [0.5, 0.6) is 0 Å². The van der Waals surface area contributed by atoms with E-state index in [0.29, 0.717) is 18.3 Å². The van der Waals surface area contributed by atoms with Gasteiger partial charge in [-0.15, -0.1) is 0 Å². The molecule has 0 spiro atoms. The van der Waals surface area contributed by atoms with Crippen LogP contribution >= 0.6 is 0 Å². The summed E-state index contributed by atoms with van der Waals surface area (Å²) in [5, 5.41) is 6.51. The van der Waals surface area contributed by atoms with Gasteiger partial charge >= 0.3 is 0 Å². The summed E-state index contributed by atoms with van der Waals surface area (Å²) < 4.78 is 10.2. The van der Waals surface area contributed by atoms with E-state index >= 15 is 0 Å². The highest BCUT2D eigenvalue weighted by Gasteiger charge is 2.08. The third-order valence-corrected chi connectivity index (χ3v) is 3.38. The molecule has 1 N–H and O–H groups in total. The fraction of sp³-hybridized carbons (Fsp3) is 0.438. The number of ether oxygens (including phenoxy) is 1. The molecule has 0 bridgehead atoms. The van der Waals surface area contributed by atoms with Crippen molar-refractivity contribution in [3.8, 4) is 0 Å². The van der Waals surface area contributed by atoms with E-state index in [1.54, 1.807) is 6.92 Å². The molecular weight excluding hydrogens is 296 g/mol. The van der Waals surface area contributed by atoms with Crippen molar-refractivity contribution in [3.63, 3.8) is 0 Å².